The summed E-state index contributed by atoms with van der Waals surface area (Å²) in [5.41, 5.74) is 1.83. The van der Waals surface area contributed by atoms with E-state index in [1.165, 1.54) is 12.1 Å². The molecule has 0 saturated carbocycles. The quantitative estimate of drug-likeness (QED) is 0.839. The Bertz CT molecular complexity index is 583. The third-order valence-corrected chi connectivity index (χ3v) is 4.23. The minimum absolute atomic E-state index is 0.181. The highest BCUT2D eigenvalue weighted by Gasteiger charge is 2.13. The third-order valence-electron chi connectivity index (χ3n) is 3.24. The van der Waals surface area contributed by atoms with Gasteiger partial charge in [0.05, 0.1) is 5.01 Å². The summed E-state index contributed by atoms with van der Waals surface area (Å²) in [7, 11) is 0. The predicted octanol–water partition coefficient (Wildman–Crippen LogP) is 3.88. The van der Waals surface area contributed by atoms with Crippen LogP contribution in [0.2, 0.25) is 0 Å². The van der Waals surface area contributed by atoms with Crippen molar-refractivity contribution in [3.63, 3.8) is 0 Å². The summed E-state index contributed by atoms with van der Waals surface area (Å²) in [5.74, 6) is -1.58. The van der Waals surface area contributed by atoms with E-state index in [0.29, 0.717) is 6.42 Å². The highest BCUT2D eigenvalue weighted by molar-refractivity contribution is 7.09. The number of thiazole rings is 1. The second kappa shape index (κ2) is 7.61. The summed E-state index contributed by atoms with van der Waals surface area (Å²) in [6, 6.07) is 4.30. The molecule has 5 heteroatoms. The van der Waals surface area contributed by atoms with Crippen LogP contribution in [0.3, 0.4) is 0 Å². The van der Waals surface area contributed by atoms with Gasteiger partial charge in [0.15, 0.2) is 11.6 Å². The number of benzene rings is 1. The Balaban J connectivity index is 2.06. The Morgan fingerprint density at radius 2 is 2.05 bits per heavy atom. The lowest BCUT2D eigenvalue weighted by Crippen LogP contribution is -2.33. The molecule has 1 aromatic heterocycles. The molecule has 0 saturated heterocycles. The molecular formula is C16H20F2N2S. The molecule has 0 fully saturated rings. The largest absolute Gasteiger partial charge is 0.313 e. The maximum Gasteiger partial charge on any atom is 0.159 e. The summed E-state index contributed by atoms with van der Waals surface area (Å²) >= 11 is 1.64. The SMILES string of the molecule is CCCNC(Cc1ccc(F)c(F)c1)Cc1nc(C)cs1. The number of hydrogen-bond acceptors (Lipinski definition) is 3. The summed E-state index contributed by atoms with van der Waals surface area (Å²) in [5, 5.41) is 6.56. The zero-order valence-electron chi connectivity index (χ0n) is 12.3. The van der Waals surface area contributed by atoms with E-state index >= 15 is 0 Å². The smallest absolute Gasteiger partial charge is 0.159 e. The van der Waals surface area contributed by atoms with E-state index in [1.54, 1.807) is 17.4 Å². The van der Waals surface area contributed by atoms with Crippen LogP contribution in [0, 0.1) is 18.6 Å². The molecule has 2 nitrogen and oxygen atoms in total. The zero-order chi connectivity index (χ0) is 15.2. The molecule has 1 aromatic carbocycles. The van der Waals surface area contributed by atoms with Crippen LogP contribution >= 0.6 is 11.3 Å². The minimum atomic E-state index is -0.799. The lowest BCUT2D eigenvalue weighted by atomic mass is 10.0. The van der Waals surface area contributed by atoms with Crippen molar-refractivity contribution >= 4 is 11.3 Å². The molecule has 0 aliphatic carbocycles. The first-order valence-electron chi connectivity index (χ1n) is 7.16. The van der Waals surface area contributed by atoms with Gasteiger partial charge in [0.25, 0.3) is 0 Å². The normalized spacial score (nSPS) is 12.6. The molecule has 114 valence electrons. The van der Waals surface area contributed by atoms with Crippen molar-refractivity contribution in [3.8, 4) is 0 Å². The molecule has 0 amide bonds. The molecule has 2 aromatic rings. The van der Waals surface area contributed by atoms with E-state index in [4.69, 9.17) is 0 Å². The fourth-order valence-electron chi connectivity index (χ4n) is 2.22. The van der Waals surface area contributed by atoms with Crippen molar-refractivity contribution in [2.75, 3.05) is 6.54 Å². The molecule has 0 aliphatic heterocycles. The number of nitrogens with one attached hydrogen (secondary N) is 1. The van der Waals surface area contributed by atoms with Gasteiger partial charge in [-0.15, -0.1) is 11.3 Å². The van der Waals surface area contributed by atoms with Crippen LogP contribution in [-0.2, 0) is 12.8 Å². The average molecular weight is 310 g/mol. The Kier molecular flexibility index (Phi) is 5.82. The van der Waals surface area contributed by atoms with E-state index in [0.717, 1.165) is 35.7 Å². The van der Waals surface area contributed by atoms with Gasteiger partial charge in [-0.3, -0.25) is 0 Å². The maximum atomic E-state index is 13.3. The number of halogens is 2. The van der Waals surface area contributed by atoms with Crippen LogP contribution in [0.15, 0.2) is 23.6 Å². The highest BCUT2D eigenvalue weighted by Crippen LogP contribution is 2.15. The number of rotatable bonds is 7. The Labute approximate surface area is 128 Å². The van der Waals surface area contributed by atoms with Crippen LogP contribution in [0.1, 0.15) is 29.6 Å². The molecule has 1 unspecified atom stereocenters. The number of aryl methyl sites for hydroxylation is 1. The highest BCUT2D eigenvalue weighted by atomic mass is 32.1. The first-order chi connectivity index (χ1) is 10.1. The Hall–Kier alpha value is -1.33. The van der Waals surface area contributed by atoms with Gasteiger partial charge in [0.1, 0.15) is 0 Å². The van der Waals surface area contributed by atoms with E-state index in [2.05, 4.69) is 17.2 Å². The fourth-order valence-corrected chi connectivity index (χ4v) is 3.08. The van der Waals surface area contributed by atoms with Gasteiger partial charge in [0, 0.05) is 23.5 Å². The lowest BCUT2D eigenvalue weighted by molar-refractivity contribution is 0.491. The molecule has 0 spiro atoms. The third kappa shape index (κ3) is 4.86. The number of hydrogen-bond donors (Lipinski definition) is 1. The van der Waals surface area contributed by atoms with Crippen molar-refractivity contribution in [2.24, 2.45) is 0 Å². The van der Waals surface area contributed by atoms with Crippen LogP contribution < -0.4 is 5.32 Å². The van der Waals surface area contributed by atoms with Crippen molar-refractivity contribution in [1.82, 2.24) is 10.3 Å². The molecule has 0 radical (unpaired) electrons. The van der Waals surface area contributed by atoms with Crippen LogP contribution in [0.5, 0.6) is 0 Å². The van der Waals surface area contributed by atoms with Crippen LogP contribution in [0.4, 0.5) is 8.78 Å². The molecule has 0 aliphatic rings. The molecule has 21 heavy (non-hydrogen) atoms. The Morgan fingerprint density at radius 1 is 1.24 bits per heavy atom. The van der Waals surface area contributed by atoms with Gasteiger partial charge in [-0.05, 0) is 44.0 Å². The van der Waals surface area contributed by atoms with E-state index in [9.17, 15) is 8.78 Å². The van der Waals surface area contributed by atoms with Gasteiger partial charge in [0.2, 0.25) is 0 Å². The number of aromatic nitrogens is 1. The van der Waals surface area contributed by atoms with Crippen molar-refractivity contribution in [2.45, 2.75) is 39.2 Å². The Morgan fingerprint density at radius 3 is 2.67 bits per heavy atom. The molecule has 1 N–H and O–H groups in total. The summed E-state index contributed by atoms with van der Waals surface area (Å²) in [4.78, 5) is 4.48. The number of nitrogens with zero attached hydrogens (tertiary/aromatic N) is 1. The molecular weight excluding hydrogens is 290 g/mol. The summed E-state index contributed by atoms with van der Waals surface area (Å²) in [6.45, 7) is 4.98. The van der Waals surface area contributed by atoms with Crippen LogP contribution in [0.25, 0.3) is 0 Å². The maximum absolute atomic E-state index is 13.3. The monoisotopic (exact) mass is 310 g/mol. The second-order valence-electron chi connectivity index (χ2n) is 5.19. The summed E-state index contributed by atoms with van der Waals surface area (Å²) < 4.78 is 26.3. The van der Waals surface area contributed by atoms with E-state index in [1.807, 2.05) is 12.3 Å². The van der Waals surface area contributed by atoms with Gasteiger partial charge in [-0.25, -0.2) is 13.8 Å². The summed E-state index contributed by atoms with van der Waals surface area (Å²) in [6.07, 6.45) is 2.50. The van der Waals surface area contributed by atoms with Gasteiger partial charge < -0.3 is 5.32 Å². The zero-order valence-corrected chi connectivity index (χ0v) is 13.1. The molecule has 1 heterocycles. The van der Waals surface area contributed by atoms with E-state index in [-0.39, 0.29) is 6.04 Å². The molecule has 0 bridgehead atoms. The molecule has 1 atom stereocenters. The van der Waals surface area contributed by atoms with Crippen molar-refractivity contribution in [1.29, 1.82) is 0 Å². The van der Waals surface area contributed by atoms with E-state index < -0.39 is 11.6 Å². The molecule has 2 rings (SSSR count). The fraction of sp³-hybridized carbons (Fsp3) is 0.438. The second-order valence-corrected chi connectivity index (χ2v) is 6.13. The lowest BCUT2D eigenvalue weighted by Gasteiger charge is -2.17. The predicted molar refractivity (Wildman–Crippen MR) is 82.7 cm³/mol. The average Bonchev–Trinajstić information content (AvgIpc) is 2.85. The van der Waals surface area contributed by atoms with Crippen molar-refractivity contribution < 1.29 is 8.78 Å². The minimum Gasteiger partial charge on any atom is -0.313 e. The van der Waals surface area contributed by atoms with Crippen LogP contribution in [-0.4, -0.2) is 17.6 Å². The first-order valence-corrected chi connectivity index (χ1v) is 8.04. The van der Waals surface area contributed by atoms with Crippen molar-refractivity contribution in [3.05, 3.63) is 51.5 Å². The van der Waals surface area contributed by atoms with Gasteiger partial charge >= 0.3 is 0 Å². The standard InChI is InChI=1S/C16H20F2N2S/c1-3-6-19-13(9-16-20-11(2)10-21-16)7-12-4-5-14(17)15(18)8-12/h4-5,8,10,13,19H,3,6-7,9H2,1-2H3. The first kappa shape index (κ1) is 16.0. The van der Waals surface area contributed by atoms with Gasteiger partial charge in [-0.2, -0.15) is 0 Å². The topological polar surface area (TPSA) is 24.9 Å². The van der Waals surface area contributed by atoms with Gasteiger partial charge in [-0.1, -0.05) is 13.0 Å².